The summed E-state index contributed by atoms with van der Waals surface area (Å²) in [6.45, 7) is -1.87. The molecule has 162 valence electrons. The van der Waals surface area contributed by atoms with E-state index in [1.54, 1.807) is 24.3 Å². The number of benzene rings is 1. The molecule has 31 heavy (non-hydrogen) atoms. The van der Waals surface area contributed by atoms with Gasteiger partial charge in [-0.05, 0) is 48.7 Å². The van der Waals surface area contributed by atoms with Crippen LogP contribution in [0.5, 0.6) is 5.75 Å². The lowest BCUT2D eigenvalue weighted by molar-refractivity contribution is -0.0498. The van der Waals surface area contributed by atoms with E-state index in [2.05, 4.69) is 25.2 Å². The van der Waals surface area contributed by atoms with Crippen molar-refractivity contribution >= 4 is 17.5 Å². The lowest BCUT2D eigenvalue weighted by Gasteiger charge is -2.29. The minimum Gasteiger partial charge on any atom is -0.435 e. The molecule has 1 N–H and O–H groups in total. The number of rotatable bonds is 6. The Kier molecular flexibility index (Phi) is 6.15. The van der Waals surface area contributed by atoms with Gasteiger partial charge in [0.05, 0.1) is 6.20 Å². The maximum absolute atomic E-state index is 14.3. The fourth-order valence-electron chi connectivity index (χ4n) is 3.31. The largest absolute Gasteiger partial charge is 0.435 e. The third kappa shape index (κ3) is 5.19. The first-order chi connectivity index (χ1) is 15.0. The van der Waals surface area contributed by atoms with Crippen molar-refractivity contribution in [2.75, 3.05) is 23.3 Å². The van der Waals surface area contributed by atoms with Crippen LogP contribution < -0.4 is 15.0 Å². The van der Waals surface area contributed by atoms with Crippen LogP contribution in [0.25, 0.3) is 11.1 Å². The second-order valence-corrected chi connectivity index (χ2v) is 7.02. The van der Waals surface area contributed by atoms with Crippen LogP contribution in [0.2, 0.25) is 0 Å². The van der Waals surface area contributed by atoms with E-state index in [9.17, 15) is 17.6 Å². The molecule has 3 heterocycles. The standard InChI is InChI=1S/C21H19F4N5O/c22-15-7-9-30(10-8-15)19-6-5-17(23)20(28-19)27-18-11-14(12-26-29-18)13-1-3-16(4-2-13)31-21(24)25/h1-6,11-12,15,21H,7-10H2,(H,27,28,29). The van der Waals surface area contributed by atoms with Crippen LogP contribution in [0.4, 0.5) is 35.0 Å². The predicted molar refractivity (Wildman–Crippen MR) is 108 cm³/mol. The number of hydrogen-bond acceptors (Lipinski definition) is 6. The molecule has 0 spiro atoms. The van der Waals surface area contributed by atoms with Crippen molar-refractivity contribution in [1.82, 2.24) is 15.2 Å². The smallest absolute Gasteiger partial charge is 0.387 e. The molecule has 1 fully saturated rings. The van der Waals surface area contributed by atoms with Gasteiger partial charge in [-0.15, -0.1) is 5.10 Å². The average Bonchev–Trinajstić information content (AvgIpc) is 2.76. The zero-order chi connectivity index (χ0) is 21.8. The van der Waals surface area contributed by atoms with Crippen LogP contribution in [0.1, 0.15) is 12.8 Å². The number of anilines is 3. The van der Waals surface area contributed by atoms with E-state index in [4.69, 9.17) is 0 Å². The molecule has 0 saturated carbocycles. The zero-order valence-corrected chi connectivity index (χ0v) is 16.3. The summed E-state index contributed by atoms with van der Waals surface area (Å²) in [5, 5.41) is 10.7. The molecular weight excluding hydrogens is 414 g/mol. The van der Waals surface area contributed by atoms with Crippen molar-refractivity contribution in [2.24, 2.45) is 0 Å². The minimum absolute atomic E-state index is 0.0213. The number of hydrogen-bond donors (Lipinski definition) is 1. The number of alkyl halides is 3. The van der Waals surface area contributed by atoms with E-state index in [0.717, 1.165) is 0 Å². The van der Waals surface area contributed by atoms with Crippen LogP contribution in [0.15, 0.2) is 48.7 Å². The van der Waals surface area contributed by atoms with E-state index in [1.165, 1.54) is 24.4 Å². The third-order valence-electron chi connectivity index (χ3n) is 4.89. The fourth-order valence-corrected chi connectivity index (χ4v) is 3.31. The molecule has 0 aliphatic carbocycles. The number of ether oxygens (including phenoxy) is 1. The summed E-state index contributed by atoms with van der Waals surface area (Å²) in [6, 6.07) is 10.5. The molecule has 2 aromatic heterocycles. The Hall–Kier alpha value is -3.43. The van der Waals surface area contributed by atoms with Crippen molar-refractivity contribution in [3.8, 4) is 16.9 Å². The van der Waals surface area contributed by atoms with Crippen molar-refractivity contribution in [1.29, 1.82) is 0 Å². The van der Waals surface area contributed by atoms with Gasteiger partial charge in [0.2, 0.25) is 0 Å². The topological polar surface area (TPSA) is 63.2 Å². The summed E-state index contributed by atoms with van der Waals surface area (Å²) in [4.78, 5) is 6.23. The molecule has 1 saturated heterocycles. The lowest BCUT2D eigenvalue weighted by atomic mass is 10.1. The Morgan fingerprint density at radius 3 is 2.48 bits per heavy atom. The first-order valence-corrected chi connectivity index (χ1v) is 9.68. The Balaban J connectivity index is 1.52. The maximum Gasteiger partial charge on any atom is 0.387 e. The van der Waals surface area contributed by atoms with Crippen LogP contribution >= 0.6 is 0 Å². The molecule has 10 heteroatoms. The highest BCUT2D eigenvalue weighted by Crippen LogP contribution is 2.27. The predicted octanol–water partition coefficient (Wildman–Crippen LogP) is 4.96. The SMILES string of the molecule is Fc1ccc(N2CCC(F)CC2)nc1Nc1cc(-c2ccc(OC(F)F)cc2)cnn1. The van der Waals surface area contributed by atoms with Crippen LogP contribution in [-0.2, 0) is 0 Å². The molecule has 0 amide bonds. The van der Waals surface area contributed by atoms with Gasteiger partial charge < -0.3 is 15.0 Å². The molecule has 3 aromatic rings. The van der Waals surface area contributed by atoms with Crippen LogP contribution in [0, 0.1) is 5.82 Å². The monoisotopic (exact) mass is 433 g/mol. The molecule has 1 aliphatic heterocycles. The Morgan fingerprint density at radius 1 is 1.03 bits per heavy atom. The van der Waals surface area contributed by atoms with E-state index in [-0.39, 0.29) is 17.4 Å². The molecule has 6 nitrogen and oxygen atoms in total. The Morgan fingerprint density at radius 2 is 1.77 bits per heavy atom. The Bertz CT molecular complexity index is 1030. The highest BCUT2D eigenvalue weighted by Gasteiger charge is 2.20. The zero-order valence-electron chi connectivity index (χ0n) is 16.3. The highest BCUT2D eigenvalue weighted by atomic mass is 19.3. The molecule has 0 atom stereocenters. The summed E-state index contributed by atoms with van der Waals surface area (Å²) in [7, 11) is 0. The molecule has 0 bridgehead atoms. The van der Waals surface area contributed by atoms with E-state index in [0.29, 0.717) is 42.9 Å². The molecule has 1 aliphatic rings. The van der Waals surface area contributed by atoms with Gasteiger partial charge in [-0.1, -0.05) is 12.1 Å². The summed E-state index contributed by atoms with van der Waals surface area (Å²) in [5.41, 5.74) is 1.33. The first-order valence-electron chi connectivity index (χ1n) is 9.68. The number of pyridine rings is 1. The molecular formula is C21H19F4N5O. The number of piperidine rings is 1. The van der Waals surface area contributed by atoms with Crippen molar-refractivity contribution in [3.63, 3.8) is 0 Å². The summed E-state index contributed by atoms with van der Waals surface area (Å²) < 4.78 is 56.6. The average molecular weight is 433 g/mol. The van der Waals surface area contributed by atoms with Gasteiger partial charge in [0.25, 0.3) is 0 Å². The summed E-state index contributed by atoms with van der Waals surface area (Å²) in [5.74, 6) is 0.266. The molecule has 1 aromatic carbocycles. The van der Waals surface area contributed by atoms with Crippen LogP contribution in [-0.4, -0.2) is 41.1 Å². The van der Waals surface area contributed by atoms with Gasteiger partial charge in [0.1, 0.15) is 17.7 Å². The highest BCUT2D eigenvalue weighted by molar-refractivity contribution is 5.67. The van der Waals surface area contributed by atoms with Gasteiger partial charge in [0, 0.05) is 18.7 Å². The minimum atomic E-state index is -2.90. The number of nitrogens with zero attached hydrogens (tertiary/aromatic N) is 4. The number of halogens is 4. The summed E-state index contributed by atoms with van der Waals surface area (Å²) >= 11 is 0. The van der Waals surface area contributed by atoms with Gasteiger partial charge in [0.15, 0.2) is 17.5 Å². The van der Waals surface area contributed by atoms with E-state index in [1.807, 2.05) is 4.90 Å². The molecule has 4 rings (SSSR count). The summed E-state index contributed by atoms with van der Waals surface area (Å²) in [6.07, 6.45) is 1.51. The van der Waals surface area contributed by atoms with E-state index >= 15 is 0 Å². The number of aromatic nitrogens is 3. The first kappa shape index (κ1) is 20.8. The molecule has 0 unspecified atom stereocenters. The fraction of sp³-hybridized carbons (Fsp3) is 0.286. The van der Waals surface area contributed by atoms with Crippen molar-refractivity contribution in [3.05, 3.63) is 54.5 Å². The van der Waals surface area contributed by atoms with Crippen LogP contribution in [0.3, 0.4) is 0 Å². The van der Waals surface area contributed by atoms with Gasteiger partial charge in [-0.25, -0.2) is 13.8 Å². The second-order valence-electron chi connectivity index (χ2n) is 7.02. The lowest BCUT2D eigenvalue weighted by Crippen LogP contribution is -2.35. The van der Waals surface area contributed by atoms with Gasteiger partial charge in [-0.2, -0.15) is 13.9 Å². The van der Waals surface area contributed by atoms with Crippen molar-refractivity contribution < 1.29 is 22.3 Å². The second kappa shape index (κ2) is 9.15. The van der Waals surface area contributed by atoms with Crippen molar-refractivity contribution in [2.45, 2.75) is 25.6 Å². The number of nitrogens with one attached hydrogen (secondary N) is 1. The van der Waals surface area contributed by atoms with Gasteiger partial charge in [-0.3, -0.25) is 0 Å². The normalized spacial score (nSPS) is 14.7. The third-order valence-corrected chi connectivity index (χ3v) is 4.89. The maximum atomic E-state index is 14.3. The molecule has 0 radical (unpaired) electrons. The van der Waals surface area contributed by atoms with E-state index < -0.39 is 18.6 Å². The van der Waals surface area contributed by atoms with Gasteiger partial charge >= 0.3 is 6.61 Å². The quantitative estimate of drug-likeness (QED) is 0.555. The Labute approximate surface area is 175 Å².